The minimum atomic E-state index is -5.99. The van der Waals surface area contributed by atoms with E-state index in [1.54, 1.807) is 6.07 Å². The van der Waals surface area contributed by atoms with Crippen molar-refractivity contribution in [2.45, 2.75) is 56.5 Å². The standard InChI is InChI=1S/C22H22F6N2O3S/c1-33-19(32)17-14-10-6-3-7-11-15(14)34-18(17)30-20(21(23,24)25,22(26,27)28)29-16(31)12-13-8-4-2-5-9-13/h2,4-5,8-9,30H,3,6-7,10-12H2,1H3,(H,29,31). The van der Waals surface area contributed by atoms with Crippen LogP contribution in [0, 0.1) is 0 Å². The van der Waals surface area contributed by atoms with E-state index < -0.39 is 41.3 Å². The lowest BCUT2D eigenvalue weighted by atomic mass is 10.0. The third-order valence-corrected chi connectivity index (χ3v) is 6.70. The van der Waals surface area contributed by atoms with Crippen LogP contribution < -0.4 is 10.6 Å². The van der Waals surface area contributed by atoms with Crippen molar-refractivity contribution in [1.29, 1.82) is 0 Å². The molecular formula is C22H22F6N2O3S. The summed E-state index contributed by atoms with van der Waals surface area (Å²) in [7, 11) is 0.995. The van der Waals surface area contributed by atoms with E-state index >= 15 is 0 Å². The zero-order chi connectivity index (χ0) is 25.1. The number of carbonyl (C=O) groups is 2. The van der Waals surface area contributed by atoms with Crippen molar-refractivity contribution in [1.82, 2.24) is 5.32 Å². The molecule has 0 bridgehead atoms. The van der Waals surface area contributed by atoms with Crippen molar-refractivity contribution in [3.8, 4) is 0 Å². The van der Waals surface area contributed by atoms with Gasteiger partial charge in [0.1, 0.15) is 5.00 Å². The maximum atomic E-state index is 14.1. The number of methoxy groups -OCH3 is 1. The Morgan fingerprint density at radius 3 is 2.18 bits per heavy atom. The maximum Gasteiger partial charge on any atom is 0.439 e. The van der Waals surface area contributed by atoms with Crippen LogP contribution in [0.1, 0.15) is 45.6 Å². The fourth-order valence-corrected chi connectivity index (χ4v) is 5.16. The molecule has 0 saturated carbocycles. The molecule has 5 nitrogen and oxygen atoms in total. The highest BCUT2D eigenvalue weighted by Gasteiger charge is 2.73. The first-order valence-corrected chi connectivity index (χ1v) is 11.2. The van der Waals surface area contributed by atoms with Crippen LogP contribution in [0.15, 0.2) is 30.3 Å². The average molecular weight is 508 g/mol. The quantitative estimate of drug-likeness (QED) is 0.238. The van der Waals surface area contributed by atoms with Crippen LogP contribution in [0.5, 0.6) is 0 Å². The molecule has 186 valence electrons. The minimum Gasteiger partial charge on any atom is -0.465 e. The molecule has 1 amide bonds. The monoisotopic (exact) mass is 508 g/mol. The Morgan fingerprint density at radius 1 is 0.971 bits per heavy atom. The van der Waals surface area contributed by atoms with Gasteiger partial charge in [-0.3, -0.25) is 4.79 Å². The Morgan fingerprint density at radius 2 is 1.59 bits per heavy atom. The molecule has 1 aromatic heterocycles. The molecule has 2 N–H and O–H groups in total. The number of hydrogen-bond donors (Lipinski definition) is 2. The second-order valence-corrected chi connectivity index (χ2v) is 8.95. The normalized spacial score (nSPS) is 14.7. The molecule has 0 unspecified atom stereocenters. The highest BCUT2D eigenvalue weighted by Crippen LogP contribution is 2.47. The van der Waals surface area contributed by atoms with Gasteiger partial charge in [0.05, 0.1) is 19.1 Å². The number of anilines is 1. The van der Waals surface area contributed by atoms with Crippen molar-refractivity contribution in [3.05, 3.63) is 51.9 Å². The van der Waals surface area contributed by atoms with E-state index in [4.69, 9.17) is 0 Å². The van der Waals surface area contributed by atoms with Crippen LogP contribution in [-0.2, 0) is 28.8 Å². The van der Waals surface area contributed by atoms with E-state index in [0.29, 0.717) is 47.5 Å². The summed E-state index contributed by atoms with van der Waals surface area (Å²) in [5.74, 6) is -2.54. The van der Waals surface area contributed by atoms with E-state index in [1.165, 1.54) is 29.6 Å². The Balaban J connectivity index is 2.08. The van der Waals surface area contributed by atoms with Gasteiger partial charge in [-0.2, -0.15) is 26.3 Å². The number of thiophene rings is 1. The number of nitrogens with one attached hydrogen (secondary N) is 2. The first kappa shape index (κ1) is 25.9. The lowest BCUT2D eigenvalue weighted by Crippen LogP contribution is -2.72. The largest absolute Gasteiger partial charge is 0.465 e. The summed E-state index contributed by atoms with van der Waals surface area (Å²) in [6, 6.07) is 7.41. The van der Waals surface area contributed by atoms with Crippen LogP contribution in [0.2, 0.25) is 0 Å². The zero-order valence-corrected chi connectivity index (χ0v) is 18.8. The Labute approximate surface area is 195 Å². The number of amides is 1. The highest BCUT2D eigenvalue weighted by molar-refractivity contribution is 7.16. The van der Waals surface area contributed by atoms with Gasteiger partial charge in [0.2, 0.25) is 5.91 Å². The molecule has 0 atom stereocenters. The highest BCUT2D eigenvalue weighted by atomic mass is 32.1. The molecule has 0 radical (unpaired) electrons. The first-order valence-electron chi connectivity index (χ1n) is 10.4. The summed E-state index contributed by atoms with van der Waals surface area (Å²) in [4.78, 5) is 25.3. The lowest BCUT2D eigenvalue weighted by molar-refractivity contribution is -0.295. The molecule has 12 heteroatoms. The molecule has 2 aromatic rings. The van der Waals surface area contributed by atoms with Crippen LogP contribution in [-0.4, -0.2) is 37.0 Å². The van der Waals surface area contributed by atoms with E-state index in [2.05, 4.69) is 4.74 Å². The molecule has 34 heavy (non-hydrogen) atoms. The van der Waals surface area contributed by atoms with Gasteiger partial charge in [0.25, 0.3) is 0 Å². The van der Waals surface area contributed by atoms with Crippen molar-refractivity contribution in [3.63, 3.8) is 0 Å². The predicted molar refractivity (Wildman–Crippen MR) is 114 cm³/mol. The molecular weight excluding hydrogens is 486 g/mol. The van der Waals surface area contributed by atoms with E-state index in [-0.39, 0.29) is 11.1 Å². The Kier molecular flexibility index (Phi) is 7.49. The summed E-state index contributed by atoms with van der Waals surface area (Å²) in [5, 5.41) is 1.98. The summed E-state index contributed by atoms with van der Waals surface area (Å²) in [6.07, 6.45) is -9.83. The lowest BCUT2D eigenvalue weighted by Gasteiger charge is -2.38. The summed E-state index contributed by atoms with van der Waals surface area (Å²) in [6.45, 7) is 0. The van der Waals surface area contributed by atoms with Gasteiger partial charge in [-0.15, -0.1) is 11.3 Å². The predicted octanol–water partition coefficient (Wildman–Crippen LogP) is 5.40. The number of aryl methyl sites for hydroxylation is 1. The molecule has 1 aromatic carbocycles. The Bertz CT molecular complexity index is 1020. The van der Waals surface area contributed by atoms with Crippen molar-refractivity contribution in [2.24, 2.45) is 0 Å². The van der Waals surface area contributed by atoms with Crippen molar-refractivity contribution < 1.29 is 40.7 Å². The number of alkyl halides is 6. The fraction of sp³-hybridized carbons (Fsp3) is 0.455. The summed E-state index contributed by atoms with van der Waals surface area (Å²) in [5.41, 5.74) is -4.57. The molecule has 0 fully saturated rings. The van der Waals surface area contributed by atoms with Crippen LogP contribution in [0.4, 0.5) is 31.3 Å². The molecule has 0 saturated heterocycles. The number of halogens is 6. The van der Waals surface area contributed by atoms with Gasteiger partial charge in [-0.1, -0.05) is 36.8 Å². The minimum absolute atomic E-state index is 0.233. The summed E-state index contributed by atoms with van der Waals surface area (Å²) >= 11 is 0.646. The average Bonchev–Trinajstić information content (AvgIpc) is 2.92. The molecule has 0 spiro atoms. The van der Waals surface area contributed by atoms with E-state index in [9.17, 15) is 35.9 Å². The molecule has 0 aliphatic heterocycles. The fourth-order valence-electron chi connectivity index (χ4n) is 3.83. The van der Waals surface area contributed by atoms with Gasteiger partial charge < -0.3 is 15.4 Å². The number of rotatable bonds is 6. The van der Waals surface area contributed by atoms with Crippen LogP contribution in [0.3, 0.4) is 0 Å². The maximum absolute atomic E-state index is 14.1. The van der Waals surface area contributed by atoms with Gasteiger partial charge in [0, 0.05) is 4.88 Å². The number of benzene rings is 1. The third kappa shape index (κ3) is 5.16. The second-order valence-electron chi connectivity index (χ2n) is 7.84. The molecule has 1 aliphatic rings. The van der Waals surface area contributed by atoms with Gasteiger partial charge in [-0.05, 0) is 36.8 Å². The zero-order valence-electron chi connectivity index (χ0n) is 18.0. The topological polar surface area (TPSA) is 67.4 Å². The van der Waals surface area contributed by atoms with E-state index in [0.717, 1.165) is 18.8 Å². The van der Waals surface area contributed by atoms with Gasteiger partial charge in [0.15, 0.2) is 0 Å². The van der Waals surface area contributed by atoms with Crippen molar-refractivity contribution in [2.75, 3.05) is 12.4 Å². The van der Waals surface area contributed by atoms with Gasteiger partial charge in [-0.25, -0.2) is 4.79 Å². The number of ether oxygens (including phenoxy) is 1. The molecule has 1 heterocycles. The SMILES string of the molecule is COC(=O)c1c(NC(NC(=O)Cc2ccccc2)(C(F)(F)F)C(F)(F)F)sc2c1CCCCC2. The van der Waals surface area contributed by atoms with Gasteiger partial charge >= 0.3 is 24.0 Å². The van der Waals surface area contributed by atoms with E-state index in [1.807, 2.05) is 0 Å². The molecule has 3 rings (SSSR count). The third-order valence-electron chi connectivity index (χ3n) is 5.50. The number of esters is 1. The first-order chi connectivity index (χ1) is 15.9. The smallest absolute Gasteiger partial charge is 0.439 e. The number of carbonyl (C=O) groups excluding carboxylic acids is 2. The second kappa shape index (κ2) is 9.85. The van der Waals surface area contributed by atoms with Crippen molar-refractivity contribution >= 4 is 28.2 Å². The summed E-state index contributed by atoms with van der Waals surface area (Å²) < 4.78 is 89.3. The number of fused-ring (bicyclic) bond motifs is 1. The molecule has 1 aliphatic carbocycles. The van der Waals surface area contributed by atoms with Crippen LogP contribution >= 0.6 is 11.3 Å². The Hall–Kier alpha value is -2.76. The van der Waals surface area contributed by atoms with Crippen LogP contribution in [0.25, 0.3) is 0 Å². The number of hydrogen-bond acceptors (Lipinski definition) is 5.